The molecule has 0 aliphatic carbocycles. The Morgan fingerprint density at radius 1 is 1.29 bits per heavy atom. The highest BCUT2D eigenvalue weighted by Gasteiger charge is 2.37. The fourth-order valence-corrected chi connectivity index (χ4v) is 3.99. The molecule has 5 rings (SSSR count). The van der Waals surface area contributed by atoms with Gasteiger partial charge in [-0.15, -0.1) is 0 Å². The van der Waals surface area contributed by atoms with Crippen LogP contribution in [0.3, 0.4) is 0 Å². The summed E-state index contributed by atoms with van der Waals surface area (Å²) in [6.07, 6.45) is 5.15. The molecule has 0 saturated carbocycles. The fourth-order valence-electron chi connectivity index (χ4n) is 3.99. The van der Waals surface area contributed by atoms with Crippen molar-refractivity contribution in [3.63, 3.8) is 0 Å². The summed E-state index contributed by atoms with van der Waals surface area (Å²) in [7, 11) is 0. The number of carbonyl (C=O) groups excluding carboxylic acids is 2. The van der Waals surface area contributed by atoms with Crippen LogP contribution in [0.4, 0.5) is 16.3 Å². The summed E-state index contributed by atoms with van der Waals surface area (Å²) in [5, 5.41) is 5.86. The normalized spacial score (nSPS) is 26.5. The van der Waals surface area contributed by atoms with Crippen LogP contribution in [0.1, 0.15) is 12.8 Å². The predicted molar refractivity (Wildman–Crippen MR) is 88.2 cm³/mol. The SMILES string of the molecule is O=C1CCN(c2cnc3cc(N4C[C@@H]5C[C@H]4CN5)ccn23)C(=O)N1. The first-order valence-electron chi connectivity index (χ1n) is 8.27. The molecule has 0 spiro atoms. The molecular weight excluding hydrogens is 308 g/mol. The number of amides is 3. The summed E-state index contributed by atoms with van der Waals surface area (Å²) >= 11 is 0. The van der Waals surface area contributed by atoms with Gasteiger partial charge >= 0.3 is 6.03 Å². The van der Waals surface area contributed by atoms with Crippen molar-refractivity contribution in [2.45, 2.75) is 24.9 Å². The first-order valence-corrected chi connectivity index (χ1v) is 8.27. The van der Waals surface area contributed by atoms with Gasteiger partial charge in [-0.1, -0.05) is 0 Å². The number of piperazine rings is 1. The summed E-state index contributed by atoms with van der Waals surface area (Å²) in [6, 6.07) is 4.91. The Morgan fingerprint density at radius 2 is 2.21 bits per heavy atom. The second-order valence-electron chi connectivity index (χ2n) is 6.63. The molecule has 124 valence electrons. The zero-order valence-electron chi connectivity index (χ0n) is 13.1. The van der Waals surface area contributed by atoms with Crippen LogP contribution in [0.15, 0.2) is 24.5 Å². The Bertz CT molecular complexity index is 846. The second-order valence-corrected chi connectivity index (χ2v) is 6.63. The van der Waals surface area contributed by atoms with Gasteiger partial charge in [-0.3, -0.25) is 19.4 Å². The van der Waals surface area contributed by atoms with Gasteiger partial charge in [0.2, 0.25) is 5.91 Å². The van der Waals surface area contributed by atoms with Gasteiger partial charge in [-0.05, 0) is 12.5 Å². The maximum atomic E-state index is 12.0. The van der Waals surface area contributed by atoms with Crippen LogP contribution in [0.25, 0.3) is 5.65 Å². The van der Waals surface area contributed by atoms with E-state index in [1.54, 1.807) is 11.1 Å². The lowest BCUT2D eigenvalue weighted by molar-refractivity contribution is -0.120. The number of nitrogens with zero attached hydrogens (tertiary/aromatic N) is 4. The highest BCUT2D eigenvalue weighted by molar-refractivity contribution is 6.05. The molecular formula is C16H18N6O2. The van der Waals surface area contributed by atoms with E-state index in [0.717, 1.165) is 18.7 Å². The van der Waals surface area contributed by atoms with Gasteiger partial charge in [0.1, 0.15) is 11.5 Å². The van der Waals surface area contributed by atoms with Crippen molar-refractivity contribution in [1.29, 1.82) is 0 Å². The third-order valence-corrected chi connectivity index (χ3v) is 5.20. The molecule has 5 heterocycles. The number of rotatable bonds is 2. The molecule has 0 aromatic carbocycles. The molecule has 2 N–H and O–H groups in total. The van der Waals surface area contributed by atoms with Crippen molar-refractivity contribution in [3.8, 4) is 0 Å². The number of imide groups is 1. The van der Waals surface area contributed by atoms with Gasteiger partial charge in [-0.2, -0.15) is 0 Å². The van der Waals surface area contributed by atoms with Crippen LogP contribution in [-0.4, -0.2) is 53.0 Å². The van der Waals surface area contributed by atoms with E-state index in [1.165, 1.54) is 12.1 Å². The molecule has 3 aliphatic rings. The first-order chi connectivity index (χ1) is 11.7. The largest absolute Gasteiger partial charge is 0.365 e. The molecule has 3 fully saturated rings. The highest BCUT2D eigenvalue weighted by atomic mass is 16.2. The number of nitrogens with one attached hydrogen (secondary N) is 2. The van der Waals surface area contributed by atoms with Crippen molar-refractivity contribution >= 4 is 29.1 Å². The minimum absolute atomic E-state index is 0.231. The van der Waals surface area contributed by atoms with E-state index in [9.17, 15) is 9.59 Å². The molecule has 3 saturated heterocycles. The summed E-state index contributed by atoms with van der Waals surface area (Å²) in [4.78, 5) is 31.8. The zero-order valence-corrected chi connectivity index (χ0v) is 13.1. The standard InChI is InChI=1S/C16H18N6O2/c23-14-2-4-21(16(24)19-14)15-8-18-13-6-11(1-3-20(13)15)22-9-10-5-12(22)7-17-10/h1,3,6,8,10,12,17H,2,4-5,7,9H2,(H,19,23,24)/t10-,12-/m0/s1. The summed E-state index contributed by atoms with van der Waals surface area (Å²) in [6.45, 7) is 2.45. The maximum Gasteiger partial charge on any atom is 0.329 e. The van der Waals surface area contributed by atoms with Gasteiger partial charge in [0, 0.05) is 56.1 Å². The van der Waals surface area contributed by atoms with E-state index in [2.05, 4.69) is 32.7 Å². The van der Waals surface area contributed by atoms with Gasteiger partial charge in [-0.25, -0.2) is 9.78 Å². The number of pyridine rings is 1. The van der Waals surface area contributed by atoms with Crippen molar-refractivity contribution in [2.75, 3.05) is 29.4 Å². The number of urea groups is 1. The molecule has 3 aliphatic heterocycles. The lowest BCUT2D eigenvalue weighted by Crippen LogP contribution is -2.50. The van der Waals surface area contributed by atoms with Crippen LogP contribution in [0.5, 0.6) is 0 Å². The van der Waals surface area contributed by atoms with Crippen molar-refractivity contribution in [1.82, 2.24) is 20.0 Å². The summed E-state index contributed by atoms with van der Waals surface area (Å²) < 4.78 is 1.89. The van der Waals surface area contributed by atoms with Gasteiger partial charge in [0.25, 0.3) is 0 Å². The van der Waals surface area contributed by atoms with E-state index in [4.69, 9.17) is 0 Å². The van der Waals surface area contributed by atoms with Gasteiger partial charge < -0.3 is 10.2 Å². The Morgan fingerprint density at radius 3 is 2.96 bits per heavy atom. The average Bonchev–Trinajstić information content (AvgIpc) is 3.29. The average molecular weight is 326 g/mol. The lowest BCUT2D eigenvalue weighted by atomic mass is 10.2. The van der Waals surface area contributed by atoms with Crippen molar-refractivity contribution in [2.24, 2.45) is 0 Å². The Kier molecular flexibility index (Phi) is 2.84. The van der Waals surface area contributed by atoms with E-state index >= 15 is 0 Å². The molecule has 2 aromatic rings. The molecule has 3 amide bonds. The lowest BCUT2D eigenvalue weighted by Gasteiger charge is -2.29. The molecule has 8 heteroatoms. The quantitative estimate of drug-likeness (QED) is 0.831. The van der Waals surface area contributed by atoms with E-state index in [-0.39, 0.29) is 11.9 Å². The Hall–Kier alpha value is -2.61. The number of hydrogen-bond acceptors (Lipinski definition) is 5. The van der Waals surface area contributed by atoms with Gasteiger partial charge in [0.15, 0.2) is 0 Å². The van der Waals surface area contributed by atoms with Gasteiger partial charge in [0.05, 0.1) is 6.20 Å². The highest BCUT2D eigenvalue weighted by Crippen LogP contribution is 2.30. The van der Waals surface area contributed by atoms with Crippen LogP contribution >= 0.6 is 0 Å². The summed E-state index contributed by atoms with van der Waals surface area (Å²) in [5.41, 5.74) is 1.98. The number of carbonyl (C=O) groups is 2. The first kappa shape index (κ1) is 13.8. The van der Waals surface area contributed by atoms with Crippen LogP contribution in [0, 0.1) is 0 Å². The molecule has 8 nitrogen and oxygen atoms in total. The minimum atomic E-state index is -0.389. The van der Waals surface area contributed by atoms with Crippen LogP contribution in [0.2, 0.25) is 0 Å². The summed E-state index contributed by atoms with van der Waals surface area (Å²) in [5.74, 6) is 0.455. The monoisotopic (exact) mass is 326 g/mol. The number of fused-ring (bicyclic) bond motifs is 3. The minimum Gasteiger partial charge on any atom is -0.365 e. The molecule has 0 unspecified atom stereocenters. The number of hydrogen-bond donors (Lipinski definition) is 2. The number of imidazole rings is 1. The molecule has 0 radical (unpaired) electrons. The van der Waals surface area contributed by atoms with E-state index in [0.29, 0.717) is 30.9 Å². The zero-order chi connectivity index (χ0) is 16.3. The smallest absolute Gasteiger partial charge is 0.329 e. The predicted octanol–water partition coefficient (Wildman–Crippen LogP) is 0.331. The topological polar surface area (TPSA) is 82.0 Å². The third kappa shape index (κ3) is 1.99. The van der Waals surface area contributed by atoms with E-state index in [1.807, 2.05) is 10.6 Å². The van der Waals surface area contributed by atoms with Crippen LogP contribution < -0.4 is 20.4 Å². The fraction of sp³-hybridized carbons (Fsp3) is 0.438. The van der Waals surface area contributed by atoms with Crippen molar-refractivity contribution in [3.05, 3.63) is 24.5 Å². The maximum absolute atomic E-state index is 12.0. The van der Waals surface area contributed by atoms with Crippen molar-refractivity contribution < 1.29 is 9.59 Å². The number of aromatic nitrogens is 2. The van der Waals surface area contributed by atoms with Crippen LogP contribution in [-0.2, 0) is 4.79 Å². The number of anilines is 2. The Balaban J connectivity index is 1.47. The molecule has 2 aromatic heterocycles. The van der Waals surface area contributed by atoms with E-state index < -0.39 is 0 Å². The Labute approximate surface area is 138 Å². The molecule has 2 bridgehead atoms. The molecule has 24 heavy (non-hydrogen) atoms. The second kappa shape index (κ2) is 4.94. The third-order valence-electron chi connectivity index (χ3n) is 5.20. The molecule has 2 atom stereocenters.